The van der Waals surface area contributed by atoms with Gasteiger partial charge in [0.05, 0.1) is 0 Å². The van der Waals surface area contributed by atoms with Gasteiger partial charge in [-0.2, -0.15) is 0 Å². The molecule has 0 fully saturated rings. The minimum absolute atomic E-state index is 0. The van der Waals surface area contributed by atoms with Crippen molar-refractivity contribution in [3.63, 3.8) is 0 Å². The molecule has 0 radical (unpaired) electrons. The fourth-order valence-electron chi connectivity index (χ4n) is 1.20. The van der Waals surface area contributed by atoms with Crippen molar-refractivity contribution in [3.05, 3.63) is 29.0 Å². The van der Waals surface area contributed by atoms with Gasteiger partial charge in [-0.25, -0.2) is 0 Å². The van der Waals surface area contributed by atoms with Gasteiger partial charge >= 0.3 is 119 Å². The molecule has 0 bridgehead atoms. The molecule has 2 rings (SSSR count). The van der Waals surface area contributed by atoms with Crippen molar-refractivity contribution in [2.75, 3.05) is 0 Å². The van der Waals surface area contributed by atoms with Gasteiger partial charge in [-0.05, 0) is 0 Å². The summed E-state index contributed by atoms with van der Waals surface area (Å²) in [5.74, 6) is 0.783. The summed E-state index contributed by atoms with van der Waals surface area (Å²) in [7, 11) is 0. The standard InChI is InChI=1S/C9H7ClN2Se.Na.H/c1-5-11-8-3-2-6(10)4-7(8)9(13)12-5;;/h2-4H,1H3,(H,11,12,13);;. The summed E-state index contributed by atoms with van der Waals surface area (Å²) in [6.45, 7) is 1.88. The predicted molar refractivity (Wildman–Crippen MR) is 63.2 cm³/mol. The first kappa shape index (κ1) is 12.4. The van der Waals surface area contributed by atoms with Gasteiger partial charge in [0, 0.05) is 0 Å². The van der Waals surface area contributed by atoms with E-state index in [-0.39, 0.29) is 29.6 Å². The molecule has 0 atom stereocenters. The zero-order chi connectivity index (χ0) is 9.42. The van der Waals surface area contributed by atoms with Crippen molar-refractivity contribution in [2.45, 2.75) is 6.92 Å². The van der Waals surface area contributed by atoms with Crippen LogP contribution < -0.4 is 4.59 Å². The Labute approximate surface area is 118 Å². The van der Waals surface area contributed by atoms with Gasteiger partial charge in [-0.1, -0.05) is 0 Å². The average molecular weight is 282 g/mol. The molecular formula is C9H8ClN2NaSe. The second kappa shape index (κ2) is 4.93. The van der Waals surface area contributed by atoms with Crippen molar-refractivity contribution in [2.24, 2.45) is 0 Å². The summed E-state index contributed by atoms with van der Waals surface area (Å²) >= 11 is 8.30. The van der Waals surface area contributed by atoms with E-state index in [2.05, 4.69) is 26.0 Å². The Bertz CT molecular complexity index is 476. The first-order chi connectivity index (χ1) is 6.16. The van der Waals surface area contributed by atoms with Crippen molar-refractivity contribution in [1.82, 2.24) is 9.97 Å². The van der Waals surface area contributed by atoms with E-state index in [0.717, 1.165) is 21.3 Å². The monoisotopic (exact) mass is 282 g/mol. The van der Waals surface area contributed by atoms with Gasteiger partial charge in [0.15, 0.2) is 0 Å². The van der Waals surface area contributed by atoms with E-state index in [0.29, 0.717) is 5.02 Å². The van der Waals surface area contributed by atoms with Crippen LogP contribution in [0, 0.1) is 6.92 Å². The number of aryl methyl sites for hydroxylation is 1. The number of hydrogen-bond donors (Lipinski definition) is 0. The summed E-state index contributed by atoms with van der Waals surface area (Å²) in [4.78, 5) is 8.54. The molecule has 2 aromatic rings. The summed E-state index contributed by atoms with van der Waals surface area (Å²) in [5.41, 5.74) is 0.938. The Morgan fingerprint density at radius 1 is 1.29 bits per heavy atom. The van der Waals surface area contributed by atoms with Crippen molar-refractivity contribution in [1.29, 1.82) is 0 Å². The first-order valence-electron chi connectivity index (χ1n) is 3.80. The third-order valence-corrected chi connectivity index (χ3v) is 2.70. The molecule has 0 aliphatic rings. The van der Waals surface area contributed by atoms with E-state index in [1.165, 1.54) is 0 Å². The van der Waals surface area contributed by atoms with E-state index in [4.69, 9.17) is 11.6 Å². The second-order valence-electron chi connectivity index (χ2n) is 2.76. The maximum absolute atomic E-state index is 5.87. The predicted octanol–water partition coefficient (Wildman–Crippen LogP) is 0.469. The Morgan fingerprint density at radius 2 is 2.00 bits per heavy atom. The molecule has 0 aliphatic carbocycles. The van der Waals surface area contributed by atoms with Gasteiger partial charge in [0.1, 0.15) is 0 Å². The van der Waals surface area contributed by atoms with Gasteiger partial charge in [0.25, 0.3) is 0 Å². The van der Waals surface area contributed by atoms with Gasteiger partial charge in [-0.3, -0.25) is 0 Å². The van der Waals surface area contributed by atoms with Crippen LogP contribution in [-0.2, 0) is 0 Å². The van der Waals surface area contributed by atoms with Crippen molar-refractivity contribution in [3.8, 4) is 0 Å². The fraction of sp³-hybridized carbons (Fsp3) is 0.111. The van der Waals surface area contributed by atoms with Crippen LogP contribution in [0.4, 0.5) is 0 Å². The molecule has 0 saturated carbocycles. The molecule has 0 unspecified atom stereocenters. The van der Waals surface area contributed by atoms with Crippen LogP contribution >= 0.6 is 11.6 Å². The number of nitrogens with zero attached hydrogens (tertiary/aromatic N) is 2. The van der Waals surface area contributed by atoms with Crippen LogP contribution in [0.5, 0.6) is 0 Å². The van der Waals surface area contributed by atoms with Crippen molar-refractivity contribution >= 4 is 72.7 Å². The maximum atomic E-state index is 5.87. The Balaban J connectivity index is 0.000000980. The molecule has 0 amide bonds. The molecule has 1 heterocycles. The van der Waals surface area contributed by atoms with Gasteiger partial charge < -0.3 is 0 Å². The number of benzene rings is 1. The number of rotatable bonds is 0. The summed E-state index contributed by atoms with van der Waals surface area (Å²) in [6, 6.07) is 5.62. The molecule has 14 heavy (non-hydrogen) atoms. The first-order valence-corrected chi connectivity index (χ1v) is 5.11. The van der Waals surface area contributed by atoms with E-state index >= 15 is 0 Å². The topological polar surface area (TPSA) is 25.8 Å². The van der Waals surface area contributed by atoms with Crippen LogP contribution in [0.15, 0.2) is 18.2 Å². The summed E-state index contributed by atoms with van der Waals surface area (Å²) in [5, 5.41) is 1.71. The molecule has 5 heteroatoms. The van der Waals surface area contributed by atoms with E-state index in [1.807, 2.05) is 25.1 Å². The molecule has 1 aromatic heterocycles. The molecule has 0 spiro atoms. The molecular weight excluding hydrogens is 274 g/mol. The third-order valence-electron chi connectivity index (χ3n) is 1.75. The average Bonchev–Trinajstić information content (AvgIpc) is 2.06. The second-order valence-corrected chi connectivity index (χ2v) is 4.08. The number of fused-ring (bicyclic) bond motifs is 1. The van der Waals surface area contributed by atoms with Crippen LogP contribution in [0.25, 0.3) is 10.9 Å². The number of halogens is 1. The SMILES string of the molecule is Cc1nc([SeH])c2cc(Cl)ccc2n1.[NaH]. The summed E-state index contributed by atoms with van der Waals surface area (Å²) < 4.78 is 0.914. The molecule has 68 valence electrons. The number of hydrogen-bond acceptors (Lipinski definition) is 2. The van der Waals surface area contributed by atoms with Gasteiger partial charge in [0.2, 0.25) is 0 Å². The van der Waals surface area contributed by atoms with E-state index in [9.17, 15) is 0 Å². The fourth-order valence-corrected chi connectivity index (χ4v) is 2.05. The summed E-state index contributed by atoms with van der Waals surface area (Å²) in [6.07, 6.45) is 0. The molecule has 1 aromatic carbocycles. The van der Waals surface area contributed by atoms with Crippen LogP contribution in [-0.4, -0.2) is 55.5 Å². The molecule has 0 N–H and O–H groups in total. The van der Waals surface area contributed by atoms with Crippen LogP contribution in [0.3, 0.4) is 0 Å². The number of aromatic nitrogens is 2. The quantitative estimate of drug-likeness (QED) is 0.656. The minimum atomic E-state index is 0. The molecule has 0 saturated heterocycles. The Hall–Kier alpha value is 0.369. The normalized spacial score (nSPS) is 9.93. The third kappa shape index (κ3) is 2.48. The van der Waals surface area contributed by atoms with Crippen LogP contribution in [0.2, 0.25) is 5.02 Å². The zero-order valence-electron chi connectivity index (χ0n) is 6.95. The Kier molecular flexibility index (Phi) is 4.38. The molecule has 0 aliphatic heterocycles. The molecule has 2 nitrogen and oxygen atoms in total. The van der Waals surface area contributed by atoms with Crippen LogP contribution in [0.1, 0.15) is 5.82 Å². The van der Waals surface area contributed by atoms with E-state index in [1.54, 1.807) is 0 Å². The van der Waals surface area contributed by atoms with Gasteiger partial charge in [-0.15, -0.1) is 0 Å². The van der Waals surface area contributed by atoms with Crippen molar-refractivity contribution < 1.29 is 0 Å². The van der Waals surface area contributed by atoms with E-state index < -0.39 is 0 Å². The Morgan fingerprint density at radius 3 is 2.71 bits per heavy atom. The zero-order valence-corrected chi connectivity index (χ0v) is 9.58.